The number of hydrogen-bond acceptors (Lipinski definition) is 4. The summed E-state index contributed by atoms with van der Waals surface area (Å²) in [6.07, 6.45) is 0.171. The van der Waals surface area contributed by atoms with E-state index in [1.54, 1.807) is 0 Å². The second-order valence-electron chi connectivity index (χ2n) is 8.18. The molecule has 1 aromatic heterocycles. The maximum atomic E-state index is 9.99. The van der Waals surface area contributed by atoms with Gasteiger partial charge >= 0.3 is 0 Å². The van der Waals surface area contributed by atoms with Gasteiger partial charge < -0.3 is 14.6 Å². The van der Waals surface area contributed by atoms with Crippen LogP contribution in [0.15, 0.2) is 42.5 Å². The molecular weight excluding hydrogens is 372 g/mol. The molecule has 0 spiro atoms. The molecule has 1 unspecified atom stereocenters. The molecule has 1 atom stereocenters. The van der Waals surface area contributed by atoms with Crippen LogP contribution in [0, 0.1) is 11.3 Å². The molecule has 2 aromatic carbocycles. The first-order chi connectivity index (χ1) is 14.3. The summed E-state index contributed by atoms with van der Waals surface area (Å²) in [5.41, 5.74) is 4.76. The molecule has 0 aliphatic rings. The predicted octanol–water partition coefficient (Wildman–Crippen LogP) is 5.92. The third-order valence-electron chi connectivity index (χ3n) is 5.04. The lowest BCUT2D eigenvalue weighted by molar-refractivity contribution is 0.340. The van der Waals surface area contributed by atoms with E-state index in [0.29, 0.717) is 18.2 Å². The average molecular weight is 405 g/mol. The molecule has 3 rings (SSSR count). The first-order valence-electron chi connectivity index (χ1n) is 10.7. The van der Waals surface area contributed by atoms with Crippen LogP contribution in [0.25, 0.3) is 22.2 Å². The fraction of sp³-hybridized carbons (Fsp3) is 0.400. The number of anilines is 1. The highest BCUT2D eigenvalue weighted by molar-refractivity contribution is 5.95. The van der Waals surface area contributed by atoms with Gasteiger partial charge in [-0.3, -0.25) is 5.32 Å². The molecule has 0 aliphatic carbocycles. The van der Waals surface area contributed by atoms with Crippen LogP contribution in [-0.2, 0) is 0 Å². The Bertz CT molecular complexity index is 1040. The maximum Gasteiger partial charge on any atom is 0.121 e. The molecule has 5 heteroatoms. The predicted molar refractivity (Wildman–Crippen MR) is 125 cm³/mol. The van der Waals surface area contributed by atoms with E-state index in [0.717, 1.165) is 33.6 Å². The Balaban J connectivity index is 2.06. The summed E-state index contributed by atoms with van der Waals surface area (Å²) in [7, 11) is 0. The van der Waals surface area contributed by atoms with Gasteiger partial charge in [0.25, 0.3) is 0 Å². The standard InChI is InChI=1S/C25H32N4O/c1-7-30-21-12-13-22-23(15-26)25(29(17(4)5)24(22)14-21)19-8-10-20(11-9-19)28-18(6)27-16(2)3/h8-14,16-18,27-28H,7H2,1-6H3. The Labute approximate surface area is 179 Å². The summed E-state index contributed by atoms with van der Waals surface area (Å²) in [4.78, 5) is 0. The number of ether oxygens (including phenoxy) is 1. The van der Waals surface area contributed by atoms with Gasteiger partial charge in [0.1, 0.15) is 11.8 Å². The second kappa shape index (κ2) is 9.23. The Morgan fingerprint density at radius 2 is 1.73 bits per heavy atom. The summed E-state index contributed by atoms with van der Waals surface area (Å²) in [5.74, 6) is 0.826. The van der Waals surface area contributed by atoms with Gasteiger partial charge in [-0.05, 0) is 71.4 Å². The smallest absolute Gasteiger partial charge is 0.121 e. The number of nitrogens with zero attached hydrogens (tertiary/aromatic N) is 2. The van der Waals surface area contributed by atoms with Crippen molar-refractivity contribution in [2.75, 3.05) is 11.9 Å². The monoisotopic (exact) mass is 404 g/mol. The van der Waals surface area contributed by atoms with Gasteiger partial charge in [0.2, 0.25) is 0 Å². The summed E-state index contributed by atoms with van der Waals surface area (Å²) >= 11 is 0. The Kier molecular flexibility index (Phi) is 6.69. The van der Waals surface area contributed by atoms with Gasteiger partial charge in [-0.15, -0.1) is 0 Å². The van der Waals surface area contributed by atoms with Crippen molar-refractivity contribution in [3.63, 3.8) is 0 Å². The SMILES string of the molecule is CCOc1ccc2c(C#N)c(-c3ccc(NC(C)NC(C)C)cc3)n(C(C)C)c2c1. The van der Waals surface area contributed by atoms with E-state index in [1.165, 1.54) is 0 Å². The van der Waals surface area contributed by atoms with E-state index in [4.69, 9.17) is 4.74 Å². The van der Waals surface area contributed by atoms with E-state index < -0.39 is 0 Å². The second-order valence-corrected chi connectivity index (χ2v) is 8.18. The van der Waals surface area contributed by atoms with Gasteiger partial charge in [0, 0.05) is 29.2 Å². The largest absolute Gasteiger partial charge is 0.494 e. The fourth-order valence-corrected chi connectivity index (χ4v) is 4.00. The molecule has 1 heterocycles. The zero-order chi connectivity index (χ0) is 21.8. The first kappa shape index (κ1) is 21.7. The highest BCUT2D eigenvalue weighted by Gasteiger charge is 2.21. The minimum atomic E-state index is 0.171. The van der Waals surface area contributed by atoms with E-state index in [-0.39, 0.29) is 12.2 Å². The van der Waals surface area contributed by atoms with Crippen molar-refractivity contribution in [2.45, 2.75) is 59.8 Å². The molecule has 0 saturated heterocycles. The minimum absolute atomic E-state index is 0.171. The number of benzene rings is 2. The van der Waals surface area contributed by atoms with Crippen LogP contribution in [0.4, 0.5) is 5.69 Å². The average Bonchev–Trinajstić information content (AvgIpc) is 3.02. The lowest BCUT2D eigenvalue weighted by Gasteiger charge is -2.20. The summed E-state index contributed by atoms with van der Waals surface area (Å²) in [6.45, 7) is 13.3. The Morgan fingerprint density at radius 1 is 1.03 bits per heavy atom. The molecule has 3 aromatic rings. The van der Waals surface area contributed by atoms with Gasteiger partial charge in [-0.1, -0.05) is 12.1 Å². The molecule has 30 heavy (non-hydrogen) atoms. The number of aromatic nitrogens is 1. The number of fused-ring (bicyclic) bond motifs is 1. The van der Waals surface area contributed by atoms with Crippen molar-refractivity contribution < 1.29 is 4.74 Å². The van der Waals surface area contributed by atoms with E-state index >= 15 is 0 Å². The Morgan fingerprint density at radius 3 is 2.30 bits per heavy atom. The maximum absolute atomic E-state index is 9.99. The zero-order valence-corrected chi connectivity index (χ0v) is 18.8. The van der Waals surface area contributed by atoms with Crippen LogP contribution in [-0.4, -0.2) is 23.4 Å². The van der Waals surface area contributed by atoms with Crippen molar-refractivity contribution in [1.29, 1.82) is 5.26 Å². The topological polar surface area (TPSA) is 62.0 Å². The highest BCUT2D eigenvalue weighted by Crippen LogP contribution is 2.37. The fourth-order valence-electron chi connectivity index (χ4n) is 4.00. The number of nitriles is 1. The molecule has 0 radical (unpaired) electrons. The molecule has 0 saturated carbocycles. The molecular formula is C25H32N4O. The highest BCUT2D eigenvalue weighted by atomic mass is 16.5. The van der Waals surface area contributed by atoms with Crippen LogP contribution in [0.3, 0.4) is 0 Å². The summed E-state index contributed by atoms with van der Waals surface area (Å²) in [6, 6.07) is 17.4. The summed E-state index contributed by atoms with van der Waals surface area (Å²) < 4.78 is 7.94. The number of rotatable bonds is 8. The van der Waals surface area contributed by atoms with Crippen LogP contribution in [0.1, 0.15) is 53.1 Å². The van der Waals surface area contributed by atoms with Gasteiger partial charge in [0.15, 0.2) is 0 Å². The third kappa shape index (κ3) is 4.44. The number of hydrogen-bond donors (Lipinski definition) is 2. The van der Waals surface area contributed by atoms with Crippen LogP contribution >= 0.6 is 0 Å². The van der Waals surface area contributed by atoms with Crippen molar-refractivity contribution in [3.05, 3.63) is 48.0 Å². The van der Waals surface area contributed by atoms with Gasteiger partial charge in [-0.25, -0.2) is 0 Å². The van der Waals surface area contributed by atoms with Crippen molar-refractivity contribution in [3.8, 4) is 23.1 Å². The molecule has 0 bridgehead atoms. The third-order valence-corrected chi connectivity index (χ3v) is 5.04. The number of nitrogens with one attached hydrogen (secondary N) is 2. The van der Waals surface area contributed by atoms with Crippen molar-refractivity contribution in [2.24, 2.45) is 0 Å². The van der Waals surface area contributed by atoms with E-state index in [9.17, 15) is 5.26 Å². The van der Waals surface area contributed by atoms with Crippen molar-refractivity contribution >= 4 is 16.6 Å². The van der Waals surface area contributed by atoms with Crippen LogP contribution in [0.5, 0.6) is 5.75 Å². The van der Waals surface area contributed by atoms with Crippen LogP contribution < -0.4 is 15.4 Å². The van der Waals surface area contributed by atoms with Crippen LogP contribution in [0.2, 0.25) is 0 Å². The van der Waals surface area contributed by atoms with E-state index in [1.807, 2.05) is 25.1 Å². The molecule has 0 aliphatic heterocycles. The Hall–Kier alpha value is -2.97. The van der Waals surface area contributed by atoms with Crippen molar-refractivity contribution in [1.82, 2.24) is 9.88 Å². The molecule has 5 nitrogen and oxygen atoms in total. The van der Waals surface area contributed by atoms with Gasteiger partial charge in [0.05, 0.1) is 29.5 Å². The van der Waals surface area contributed by atoms with E-state index in [2.05, 4.69) is 80.2 Å². The molecule has 0 fully saturated rings. The van der Waals surface area contributed by atoms with Gasteiger partial charge in [-0.2, -0.15) is 5.26 Å². The molecule has 0 amide bonds. The quantitative estimate of drug-likeness (QED) is 0.458. The molecule has 158 valence electrons. The minimum Gasteiger partial charge on any atom is -0.494 e. The first-order valence-corrected chi connectivity index (χ1v) is 10.7. The zero-order valence-electron chi connectivity index (χ0n) is 18.8. The normalized spacial score (nSPS) is 12.4. The summed E-state index contributed by atoms with van der Waals surface area (Å²) in [5, 5.41) is 17.9. The lowest BCUT2D eigenvalue weighted by Crippen LogP contribution is -2.37. The lowest BCUT2D eigenvalue weighted by atomic mass is 10.1. The molecule has 2 N–H and O–H groups in total.